The normalized spacial score (nSPS) is 17.2. The topological polar surface area (TPSA) is 92.9 Å². The number of piperidine rings is 1. The van der Waals surface area contributed by atoms with Crippen molar-refractivity contribution in [3.8, 4) is 17.3 Å². The Labute approximate surface area is 160 Å². The van der Waals surface area contributed by atoms with Crippen molar-refractivity contribution in [2.24, 2.45) is 7.05 Å². The highest BCUT2D eigenvalue weighted by atomic mass is 16.1. The van der Waals surface area contributed by atoms with Crippen LogP contribution < -0.4 is 11.0 Å². The van der Waals surface area contributed by atoms with E-state index in [0.29, 0.717) is 11.2 Å². The molecule has 8 nitrogen and oxygen atoms in total. The average molecular weight is 373 g/mol. The minimum atomic E-state index is -0.0417. The molecule has 1 saturated heterocycles. The van der Waals surface area contributed by atoms with Gasteiger partial charge in [-0.05, 0) is 43.7 Å². The van der Waals surface area contributed by atoms with Crippen LogP contribution in [-0.4, -0.2) is 36.8 Å². The molecule has 4 aromatic rings. The Balaban J connectivity index is 1.72. The van der Waals surface area contributed by atoms with Gasteiger partial charge in [0.2, 0.25) is 0 Å². The van der Waals surface area contributed by atoms with E-state index in [1.54, 1.807) is 40.7 Å². The summed E-state index contributed by atoms with van der Waals surface area (Å²) in [5.41, 5.74) is 4.42. The van der Waals surface area contributed by atoms with Crippen LogP contribution in [0.2, 0.25) is 0 Å². The molecule has 1 aliphatic heterocycles. The maximum absolute atomic E-state index is 12.9. The van der Waals surface area contributed by atoms with Gasteiger partial charge in [0, 0.05) is 25.4 Å². The van der Waals surface area contributed by atoms with E-state index < -0.39 is 0 Å². The van der Waals surface area contributed by atoms with Crippen molar-refractivity contribution in [1.29, 1.82) is 5.26 Å². The number of nitrogens with zero attached hydrogens (tertiary/aromatic N) is 6. The Kier molecular flexibility index (Phi) is 3.77. The lowest BCUT2D eigenvalue weighted by Crippen LogP contribution is -2.36. The van der Waals surface area contributed by atoms with Gasteiger partial charge in [-0.3, -0.25) is 9.13 Å². The zero-order valence-corrected chi connectivity index (χ0v) is 15.5. The number of fused-ring (bicyclic) bond motifs is 2. The first-order valence-electron chi connectivity index (χ1n) is 9.34. The molecule has 0 radical (unpaired) electrons. The summed E-state index contributed by atoms with van der Waals surface area (Å²) in [6.07, 6.45) is 5.51. The summed E-state index contributed by atoms with van der Waals surface area (Å²) in [5.74, 6) is 0. The second kappa shape index (κ2) is 6.32. The minimum absolute atomic E-state index is 0.0417. The molecule has 4 aromatic heterocycles. The number of imidazole rings is 1. The van der Waals surface area contributed by atoms with Crippen molar-refractivity contribution < 1.29 is 0 Å². The molecule has 1 aliphatic rings. The molecule has 0 aromatic carbocycles. The molecule has 140 valence electrons. The third-order valence-corrected chi connectivity index (χ3v) is 5.50. The van der Waals surface area contributed by atoms with Crippen molar-refractivity contribution in [2.45, 2.75) is 18.9 Å². The van der Waals surface area contributed by atoms with Crippen molar-refractivity contribution in [3.63, 3.8) is 0 Å². The lowest BCUT2D eigenvalue weighted by molar-refractivity contribution is 0.368. The minimum Gasteiger partial charge on any atom is -0.315 e. The zero-order valence-electron chi connectivity index (χ0n) is 15.5. The molecule has 28 heavy (non-hydrogen) atoms. The van der Waals surface area contributed by atoms with Gasteiger partial charge >= 0.3 is 5.69 Å². The van der Waals surface area contributed by atoms with Crippen LogP contribution in [0.15, 0.2) is 41.5 Å². The fraction of sp³-hybridized carbons (Fsp3) is 0.300. The molecule has 0 amide bonds. The summed E-state index contributed by atoms with van der Waals surface area (Å²) in [6.45, 7) is 1.76. The third kappa shape index (κ3) is 2.44. The van der Waals surface area contributed by atoms with E-state index in [0.717, 1.165) is 48.2 Å². The molecule has 0 spiro atoms. The second-order valence-electron chi connectivity index (χ2n) is 7.17. The molecule has 1 N–H and O–H groups in total. The van der Waals surface area contributed by atoms with Gasteiger partial charge in [-0.25, -0.2) is 14.3 Å². The van der Waals surface area contributed by atoms with Gasteiger partial charge in [-0.15, -0.1) is 0 Å². The van der Waals surface area contributed by atoms with Gasteiger partial charge in [0.15, 0.2) is 5.65 Å². The number of hydrogen-bond acceptors (Lipinski definition) is 5. The van der Waals surface area contributed by atoms with Gasteiger partial charge in [0.1, 0.15) is 0 Å². The van der Waals surface area contributed by atoms with E-state index in [9.17, 15) is 10.1 Å². The molecule has 1 unspecified atom stereocenters. The number of rotatable bonds is 2. The van der Waals surface area contributed by atoms with Gasteiger partial charge < -0.3 is 5.32 Å². The van der Waals surface area contributed by atoms with Crippen molar-refractivity contribution in [3.05, 3.63) is 52.7 Å². The Morgan fingerprint density at radius 2 is 2.18 bits per heavy atom. The van der Waals surface area contributed by atoms with Crippen LogP contribution in [0.25, 0.3) is 27.9 Å². The van der Waals surface area contributed by atoms with Crippen LogP contribution in [0.5, 0.6) is 0 Å². The standard InChI is InChI=1S/C20H19N7O/c1-25-17-5-4-16(15-12-23-26-8-6-13(10-21)9-18(15)26)24-19(17)27(20(25)28)14-3-2-7-22-11-14/h4-6,8-9,12,14,22H,2-3,7,11H2,1H3. The Bertz CT molecular complexity index is 1300. The quantitative estimate of drug-likeness (QED) is 0.579. The van der Waals surface area contributed by atoms with Gasteiger partial charge in [-0.1, -0.05) is 0 Å². The molecule has 1 atom stereocenters. The highest BCUT2D eigenvalue weighted by molar-refractivity contribution is 5.83. The number of nitrogens with one attached hydrogen (secondary N) is 1. The molecule has 1 fully saturated rings. The van der Waals surface area contributed by atoms with Gasteiger partial charge in [0.25, 0.3) is 0 Å². The molecule has 0 bridgehead atoms. The molecule has 5 rings (SSSR count). The smallest absolute Gasteiger partial charge is 0.315 e. The summed E-state index contributed by atoms with van der Waals surface area (Å²) >= 11 is 0. The number of aryl methyl sites for hydroxylation is 1. The SMILES string of the molecule is Cn1c(=O)n(C2CCCNC2)c2nc(-c3cnn4ccc(C#N)cc34)ccc21. The molecule has 8 heteroatoms. The fourth-order valence-electron chi connectivity index (χ4n) is 4.02. The lowest BCUT2D eigenvalue weighted by atomic mass is 10.1. The Morgan fingerprint density at radius 1 is 1.29 bits per heavy atom. The molecule has 5 heterocycles. The maximum Gasteiger partial charge on any atom is 0.330 e. The van der Waals surface area contributed by atoms with E-state index in [1.165, 1.54) is 0 Å². The first-order chi connectivity index (χ1) is 13.7. The summed E-state index contributed by atoms with van der Waals surface area (Å²) in [6, 6.07) is 9.63. The van der Waals surface area contributed by atoms with Crippen LogP contribution in [0.4, 0.5) is 0 Å². The van der Waals surface area contributed by atoms with Crippen molar-refractivity contribution in [1.82, 2.24) is 29.0 Å². The summed E-state index contributed by atoms with van der Waals surface area (Å²) in [5, 5.41) is 17.0. The van der Waals surface area contributed by atoms with Crippen LogP contribution in [0, 0.1) is 11.3 Å². The number of nitriles is 1. The molecular weight excluding hydrogens is 354 g/mol. The predicted octanol–water partition coefficient (Wildman–Crippen LogP) is 1.85. The largest absolute Gasteiger partial charge is 0.330 e. The first-order valence-corrected chi connectivity index (χ1v) is 9.34. The van der Waals surface area contributed by atoms with E-state index >= 15 is 0 Å². The third-order valence-electron chi connectivity index (χ3n) is 5.50. The molecule has 0 saturated carbocycles. The summed E-state index contributed by atoms with van der Waals surface area (Å²) < 4.78 is 5.20. The van der Waals surface area contributed by atoms with Crippen LogP contribution in [0.3, 0.4) is 0 Å². The van der Waals surface area contributed by atoms with Gasteiger partial charge in [0.05, 0.1) is 40.6 Å². The van der Waals surface area contributed by atoms with Crippen molar-refractivity contribution in [2.75, 3.05) is 13.1 Å². The van der Waals surface area contributed by atoms with E-state index in [1.807, 2.05) is 16.7 Å². The Hall–Kier alpha value is -3.44. The predicted molar refractivity (Wildman–Crippen MR) is 105 cm³/mol. The highest BCUT2D eigenvalue weighted by Gasteiger charge is 2.23. The Morgan fingerprint density at radius 3 is 2.96 bits per heavy atom. The highest BCUT2D eigenvalue weighted by Crippen LogP contribution is 2.27. The number of pyridine rings is 2. The summed E-state index contributed by atoms with van der Waals surface area (Å²) in [7, 11) is 1.79. The maximum atomic E-state index is 12.9. The molecular formula is C20H19N7O. The van der Waals surface area contributed by atoms with Crippen LogP contribution in [0.1, 0.15) is 24.4 Å². The van der Waals surface area contributed by atoms with Crippen molar-refractivity contribution >= 4 is 16.7 Å². The number of aromatic nitrogens is 5. The average Bonchev–Trinajstić information content (AvgIpc) is 3.27. The van der Waals surface area contributed by atoms with E-state index in [2.05, 4.69) is 16.5 Å². The van der Waals surface area contributed by atoms with Crippen LogP contribution >= 0.6 is 0 Å². The fourth-order valence-corrected chi connectivity index (χ4v) is 4.02. The van der Waals surface area contributed by atoms with E-state index in [-0.39, 0.29) is 11.7 Å². The number of hydrogen-bond donors (Lipinski definition) is 1. The van der Waals surface area contributed by atoms with Gasteiger partial charge in [-0.2, -0.15) is 10.4 Å². The first kappa shape index (κ1) is 16.7. The second-order valence-corrected chi connectivity index (χ2v) is 7.17. The van der Waals surface area contributed by atoms with E-state index in [4.69, 9.17) is 4.98 Å². The molecule has 0 aliphatic carbocycles. The zero-order chi connectivity index (χ0) is 19.3. The lowest BCUT2D eigenvalue weighted by Gasteiger charge is -2.23. The summed E-state index contributed by atoms with van der Waals surface area (Å²) in [4.78, 5) is 17.7. The van der Waals surface area contributed by atoms with Crippen LogP contribution in [-0.2, 0) is 7.05 Å². The monoisotopic (exact) mass is 373 g/mol.